The molecule has 1 aromatic carbocycles. The summed E-state index contributed by atoms with van der Waals surface area (Å²) in [6.07, 6.45) is 2.80. The summed E-state index contributed by atoms with van der Waals surface area (Å²) < 4.78 is 7.01. The number of hydrogen-bond donors (Lipinski definition) is 0. The number of amides is 1. The summed E-state index contributed by atoms with van der Waals surface area (Å²) in [5.74, 6) is 0. The van der Waals surface area contributed by atoms with Crippen molar-refractivity contribution >= 4 is 11.8 Å². The summed E-state index contributed by atoms with van der Waals surface area (Å²) >= 11 is 0. The number of cyclic esters (lactones) is 1. The molecule has 1 aliphatic heterocycles. The van der Waals surface area contributed by atoms with E-state index >= 15 is 0 Å². The molecule has 2 aromatic rings. The Bertz CT molecular complexity index is 840. The van der Waals surface area contributed by atoms with Crippen LogP contribution in [0.4, 0.5) is 10.5 Å². The van der Waals surface area contributed by atoms with Crippen LogP contribution in [0.2, 0.25) is 0 Å². The maximum absolute atomic E-state index is 12.2. The predicted octanol–water partition coefficient (Wildman–Crippen LogP) is 2.76. The van der Waals surface area contributed by atoms with Gasteiger partial charge >= 0.3 is 6.09 Å². The Morgan fingerprint density at radius 1 is 1.35 bits per heavy atom. The van der Waals surface area contributed by atoms with E-state index in [2.05, 4.69) is 15.2 Å². The number of rotatable bonds is 5. The Morgan fingerprint density at radius 2 is 2.08 bits per heavy atom. The van der Waals surface area contributed by atoms with Crippen molar-refractivity contribution in [3.8, 4) is 0 Å². The molecule has 9 heteroatoms. The van der Waals surface area contributed by atoms with E-state index in [0.717, 1.165) is 24.1 Å². The van der Waals surface area contributed by atoms with Gasteiger partial charge in [-0.3, -0.25) is 4.90 Å². The minimum absolute atomic E-state index is 0. The van der Waals surface area contributed by atoms with Gasteiger partial charge in [0.2, 0.25) is 0 Å². The van der Waals surface area contributed by atoms with Crippen LogP contribution >= 0.6 is 0 Å². The van der Waals surface area contributed by atoms with Crippen molar-refractivity contribution in [2.24, 2.45) is 0 Å². The molecule has 4 rings (SSSR count). The van der Waals surface area contributed by atoms with Gasteiger partial charge in [-0.2, -0.15) is 0 Å². The van der Waals surface area contributed by atoms with E-state index in [0.29, 0.717) is 18.8 Å². The Balaban J connectivity index is 0.00000196. The molecular formula is C17H17AcN6O2-. The molecular weight excluding hydrogens is 547 g/mol. The number of carbonyl (C=O) groups is 1. The number of nitrogens with one attached hydrogen (secondary N) is 1. The average molecular weight is 564 g/mol. The van der Waals surface area contributed by atoms with Crippen molar-refractivity contribution in [2.45, 2.75) is 37.6 Å². The van der Waals surface area contributed by atoms with Gasteiger partial charge < -0.3 is 15.3 Å². The van der Waals surface area contributed by atoms with Crippen molar-refractivity contribution < 1.29 is 53.6 Å². The first-order valence-corrected chi connectivity index (χ1v) is 8.14. The zero-order valence-electron chi connectivity index (χ0n) is 14.1. The summed E-state index contributed by atoms with van der Waals surface area (Å²) in [5, 5.41) is 7.80. The van der Waals surface area contributed by atoms with Crippen LogP contribution in [-0.2, 0) is 23.4 Å². The van der Waals surface area contributed by atoms with Gasteiger partial charge in [-0.1, -0.05) is 5.21 Å². The number of nitrogens with zero attached hydrogens (tertiary/aromatic N) is 5. The molecule has 2 aliphatic rings. The normalized spacial score (nSPS) is 20.2. The number of ether oxygens (including phenoxy) is 1. The van der Waals surface area contributed by atoms with E-state index in [1.54, 1.807) is 15.8 Å². The van der Waals surface area contributed by atoms with Crippen LogP contribution in [0.5, 0.6) is 0 Å². The minimum Gasteiger partial charge on any atom is -0.672 e. The van der Waals surface area contributed by atoms with Crippen molar-refractivity contribution in [3.05, 3.63) is 58.9 Å². The van der Waals surface area contributed by atoms with Crippen molar-refractivity contribution in [1.82, 2.24) is 15.0 Å². The van der Waals surface area contributed by atoms with Crippen LogP contribution in [0.3, 0.4) is 0 Å². The van der Waals surface area contributed by atoms with Crippen LogP contribution in [0, 0.1) is 50.6 Å². The summed E-state index contributed by atoms with van der Waals surface area (Å²) in [5.41, 5.74) is 9.30. The monoisotopic (exact) mass is 564 g/mol. The zero-order valence-corrected chi connectivity index (χ0v) is 18.9. The molecule has 1 saturated carbocycles. The Kier molecular flexibility index (Phi) is 5.67. The predicted molar refractivity (Wildman–Crippen MR) is 89.6 cm³/mol. The molecule has 1 aliphatic carbocycles. The molecule has 1 radical (unpaired) electrons. The Morgan fingerprint density at radius 3 is 2.65 bits per heavy atom. The first kappa shape index (κ1) is 19.3. The SMILES string of the molecule is [Ac].[C-]#[N+]C1(c2ccc(N3C[C@H](Cn4cc(C[NH-])nn4)OC3=O)cc2)CC1. The first-order valence-electron chi connectivity index (χ1n) is 8.14. The average Bonchev–Trinajstić information content (AvgIpc) is 3.17. The van der Waals surface area contributed by atoms with Crippen molar-refractivity contribution in [1.29, 1.82) is 0 Å². The van der Waals surface area contributed by atoms with E-state index in [9.17, 15) is 4.79 Å². The quantitative estimate of drug-likeness (QED) is 0.523. The third-order valence-electron chi connectivity index (χ3n) is 4.69. The van der Waals surface area contributed by atoms with E-state index in [4.69, 9.17) is 17.0 Å². The molecule has 1 N–H and O–H groups in total. The fraction of sp³-hybridized carbons (Fsp3) is 0.412. The zero-order chi connectivity index (χ0) is 17.4. The van der Waals surface area contributed by atoms with E-state index in [-0.39, 0.29) is 68.3 Å². The van der Waals surface area contributed by atoms with Crippen LogP contribution in [0.15, 0.2) is 30.5 Å². The molecule has 1 amide bonds. The van der Waals surface area contributed by atoms with Gasteiger partial charge in [0.1, 0.15) is 6.10 Å². The Labute approximate surface area is 187 Å². The van der Waals surface area contributed by atoms with Crippen LogP contribution < -0.4 is 4.90 Å². The van der Waals surface area contributed by atoms with Crippen LogP contribution in [0.1, 0.15) is 24.1 Å². The number of anilines is 1. The minimum atomic E-state index is -0.384. The molecule has 1 saturated heterocycles. The molecule has 1 atom stereocenters. The van der Waals surface area contributed by atoms with Gasteiger partial charge in [0, 0.05) is 74.4 Å². The molecule has 26 heavy (non-hydrogen) atoms. The molecule has 2 fully saturated rings. The van der Waals surface area contributed by atoms with E-state index in [1.807, 2.05) is 24.3 Å². The fourth-order valence-electron chi connectivity index (χ4n) is 3.08. The molecule has 131 valence electrons. The smallest absolute Gasteiger partial charge is 0.414 e. The molecule has 0 spiro atoms. The third kappa shape index (κ3) is 3.64. The summed E-state index contributed by atoms with van der Waals surface area (Å²) in [7, 11) is 0. The summed E-state index contributed by atoms with van der Waals surface area (Å²) in [4.78, 5) is 17.5. The summed E-state index contributed by atoms with van der Waals surface area (Å²) in [6, 6.07) is 7.60. The molecule has 8 nitrogen and oxygen atoms in total. The largest absolute Gasteiger partial charge is 0.672 e. The molecule has 0 bridgehead atoms. The maximum atomic E-state index is 12.2. The maximum Gasteiger partial charge on any atom is 0.414 e. The number of aromatic nitrogens is 3. The van der Waals surface area contributed by atoms with E-state index in [1.165, 1.54) is 0 Å². The van der Waals surface area contributed by atoms with E-state index < -0.39 is 0 Å². The fourth-order valence-corrected chi connectivity index (χ4v) is 3.08. The van der Waals surface area contributed by atoms with Gasteiger partial charge in [0.05, 0.1) is 18.8 Å². The first-order chi connectivity index (χ1) is 12.1. The summed E-state index contributed by atoms with van der Waals surface area (Å²) in [6.45, 7) is 8.24. The topological polar surface area (TPSA) is 88.4 Å². The number of carbonyl (C=O) groups excluding carboxylic acids is 1. The third-order valence-corrected chi connectivity index (χ3v) is 4.69. The molecule has 2 heterocycles. The number of hydrogen-bond acceptors (Lipinski definition) is 4. The van der Waals surface area contributed by atoms with Gasteiger partial charge in [0.15, 0.2) is 0 Å². The Hall–Kier alpha value is -1.48. The second-order valence-corrected chi connectivity index (χ2v) is 6.42. The van der Waals surface area contributed by atoms with Gasteiger partial charge in [0.25, 0.3) is 5.54 Å². The van der Waals surface area contributed by atoms with Gasteiger partial charge in [-0.25, -0.2) is 16.0 Å². The van der Waals surface area contributed by atoms with Gasteiger partial charge in [-0.15, -0.1) is 11.6 Å². The van der Waals surface area contributed by atoms with Crippen LogP contribution in [0.25, 0.3) is 10.6 Å². The van der Waals surface area contributed by atoms with Crippen LogP contribution in [-0.4, -0.2) is 33.7 Å². The standard InChI is InChI=1S/C17H17N6O2.Ac/c1-19-17(6-7-17)12-2-4-14(5-3-12)23-11-15(25-16(23)24)10-22-9-13(8-18)20-21-22;/h2-5,9,15,18H,6-8,10-11H2;/q-1;/t15-;/m0./s1. The second-order valence-electron chi connectivity index (χ2n) is 6.42. The number of benzene rings is 1. The van der Waals surface area contributed by atoms with Crippen molar-refractivity contribution in [3.63, 3.8) is 0 Å². The molecule has 1 aromatic heterocycles. The van der Waals surface area contributed by atoms with Crippen molar-refractivity contribution in [2.75, 3.05) is 11.4 Å². The van der Waals surface area contributed by atoms with Gasteiger partial charge in [-0.05, 0) is 24.3 Å². The second kappa shape index (κ2) is 7.64. The molecule has 0 unspecified atom stereocenters.